The molecule has 0 saturated heterocycles. The van der Waals surface area contributed by atoms with Gasteiger partial charge in [-0.3, -0.25) is 14.6 Å². The molecule has 0 aliphatic rings. The highest BCUT2D eigenvalue weighted by molar-refractivity contribution is 5.78. The van der Waals surface area contributed by atoms with Crippen LogP contribution in [0.4, 0.5) is 0 Å². The number of hydrogen-bond donors (Lipinski definition) is 0. The average Bonchev–Trinajstić information content (AvgIpc) is 2.67. The third-order valence-electron chi connectivity index (χ3n) is 4.25. The van der Waals surface area contributed by atoms with Crippen molar-refractivity contribution < 1.29 is 19.1 Å². The second-order valence-corrected chi connectivity index (χ2v) is 6.22. The monoisotopic (exact) mass is 370 g/mol. The third kappa shape index (κ3) is 6.40. The van der Waals surface area contributed by atoms with E-state index in [2.05, 4.69) is 4.98 Å². The van der Waals surface area contributed by atoms with Crippen molar-refractivity contribution in [1.29, 1.82) is 0 Å². The topological polar surface area (TPSA) is 68.7 Å². The summed E-state index contributed by atoms with van der Waals surface area (Å²) in [5, 5.41) is 0. The number of aryl methyl sites for hydroxylation is 1. The van der Waals surface area contributed by atoms with Crippen molar-refractivity contribution in [2.45, 2.75) is 33.7 Å². The summed E-state index contributed by atoms with van der Waals surface area (Å²) in [6.07, 6.45) is 3.53. The summed E-state index contributed by atoms with van der Waals surface area (Å²) >= 11 is 0. The predicted octanol–water partition coefficient (Wildman–Crippen LogP) is 3.06. The first-order valence-electron chi connectivity index (χ1n) is 9.02. The highest BCUT2D eigenvalue weighted by Crippen LogP contribution is 2.20. The van der Waals surface area contributed by atoms with Gasteiger partial charge in [-0.15, -0.1) is 0 Å². The Kier molecular flexibility index (Phi) is 7.79. The minimum atomic E-state index is -0.322. The Morgan fingerprint density at radius 3 is 2.67 bits per heavy atom. The van der Waals surface area contributed by atoms with Crippen LogP contribution in [0.1, 0.15) is 30.0 Å². The van der Waals surface area contributed by atoms with Crippen LogP contribution < -0.4 is 4.74 Å². The summed E-state index contributed by atoms with van der Waals surface area (Å²) in [7, 11) is 0. The van der Waals surface area contributed by atoms with Crippen LogP contribution in [0.5, 0.6) is 5.75 Å². The van der Waals surface area contributed by atoms with E-state index in [1.54, 1.807) is 24.2 Å². The smallest absolute Gasteiger partial charge is 0.307 e. The van der Waals surface area contributed by atoms with Crippen molar-refractivity contribution in [2.24, 2.45) is 0 Å². The number of rotatable bonds is 9. The molecule has 0 atom stereocenters. The number of nitrogens with zero attached hydrogens (tertiary/aromatic N) is 2. The number of benzene rings is 1. The molecular formula is C21H26N2O4. The van der Waals surface area contributed by atoms with Gasteiger partial charge < -0.3 is 14.4 Å². The zero-order valence-corrected chi connectivity index (χ0v) is 16.1. The van der Waals surface area contributed by atoms with Crippen LogP contribution in [-0.4, -0.2) is 41.5 Å². The molecule has 144 valence electrons. The summed E-state index contributed by atoms with van der Waals surface area (Å²) in [6, 6.07) is 9.45. The number of esters is 1. The number of carbonyl (C=O) groups excluding carboxylic acids is 2. The van der Waals surface area contributed by atoms with Gasteiger partial charge in [-0.2, -0.15) is 0 Å². The van der Waals surface area contributed by atoms with Crippen LogP contribution in [-0.2, 0) is 20.9 Å². The fraction of sp³-hybridized carbons (Fsp3) is 0.381. The van der Waals surface area contributed by atoms with Crippen molar-refractivity contribution in [3.63, 3.8) is 0 Å². The highest BCUT2D eigenvalue weighted by Gasteiger charge is 2.17. The molecule has 0 N–H and O–H groups in total. The Balaban J connectivity index is 2.02. The number of hydrogen-bond acceptors (Lipinski definition) is 5. The molecule has 27 heavy (non-hydrogen) atoms. The molecule has 1 heterocycles. The van der Waals surface area contributed by atoms with E-state index in [-0.39, 0.29) is 31.4 Å². The number of aromatic nitrogens is 1. The minimum absolute atomic E-state index is 0.0899. The predicted molar refractivity (Wildman–Crippen MR) is 102 cm³/mol. The number of carbonyl (C=O) groups is 2. The van der Waals surface area contributed by atoms with E-state index in [0.29, 0.717) is 18.9 Å². The molecule has 0 fully saturated rings. The van der Waals surface area contributed by atoms with Crippen molar-refractivity contribution in [1.82, 2.24) is 9.88 Å². The van der Waals surface area contributed by atoms with E-state index >= 15 is 0 Å². The Morgan fingerprint density at radius 2 is 1.96 bits per heavy atom. The lowest BCUT2D eigenvalue weighted by Crippen LogP contribution is -2.36. The van der Waals surface area contributed by atoms with Gasteiger partial charge in [0.2, 0.25) is 0 Å². The Bertz CT molecular complexity index is 762. The van der Waals surface area contributed by atoms with Gasteiger partial charge in [-0.05, 0) is 49.6 Å². The lowest BCUT2D eigenvalue weighted by atomic mass is 10.1. The average molecular weight is 370 g/mol. The summed E-state index contributed by atoms with van der Waals surface area (Å²) < 4.78 is 10.7. The van der Waals surface area contributed by atoms with Crippen molar-refractivity contribution >= 4 is 11.9 Å². The summed E-state index contributed by atoms with van der Waals surface area (Å²) in [4.78, 5) is 30.1. The van der Waals surface area contributed by atoms with Crippen LogP contribution in [0.25, 0.3) is 0 Å². The van der Waals surface area contributed by atoms with Crippen LogP contribution in [0.15, 0.2) is 42.7 Å². The van der Waals surface area contributed by atoms with Gasteiger partial charge in [0, 0.05) is 25.5 Å². The van der Waals surface area contributed by atoms with E-state index in [1.165, 1.54) is 0 Å². The quantitative estimate of drug-likeness (QED) is 0.635. The van der Waals surface area contributed by atoms with Crippen LogP contribution in [0.3, 0.4) is 0 Å². The Labute approximate surface area is 160 Å². The summed E-state index contributed by atoms with van der Waals surface area (Å²) in [5.74, 6) is 0.177. The van der Waals surface area contributed by atoms with Gasteiger partial charge in [-0.25, -0.2) is 0 Å². The molecule has 0 spiro atoms. The largest absolute Gasteiger partial charge is 0.483 e. The van der Waals surface area contributed by atoms with Crippen molar-refractivity contribution in [2.75, 3.05) is 19.8 Å². The molecule has 1 amide bonds. The molecule has 6 nitrogen and oxygen atoms in total. The lowest BCUT2D eigenvalue weighted by molar-refractivity contribution is -0.144. The van der Waals surface area contributed by atoms with Gasteiger partial charge in [0.1, 0.15) is 5.75 Å². The van der Waals surface area contributed by atoms with E-state index < -0.39 is 0 Å². The second-order valence-electron chi connectivity index (χ2n) is 6.22. The van der Waals surface area contributed by atoms with Gasteiger partial charge >= 0.3 is 5.97 Å². The van der Waals surface area contributed by atoms with Gasteiger partial charge in [0.25, 0.3) is 5.91 Å². The van der Waals surface area contributed by atoms with E-state index in [4.69, 9.17) is 9.47 Å². The van der Waals surface area contributed by atoms with E-state index in [9.17, 15) is 9.59 Å². The zero-order valence-electron chi connectivity index (χ0n) is 16.1. The van der Waals surface area contributed by atoms with Crippen molar-refractivity contribution in [3.05, 3.63) is 59.4 Å². The molecule has 0 radical (unpaired) electrons. The minimum Gasteiger partial charge on any atom is -0.483 e. The molecule has 0 aliphatic carbocycles. The van der Waals surface area contributed by atoms with E-state index in [0.717, 1.165) is 16.7 Å². The molecule has 0 bridgehead atoms. The Morgan fingerprint density at radius 1 is 1.15 bits per heavy atom. The highest BCUT2D eigenvalue weighted by atomic mass is 16.5. The second kappa shape index (κ2) is 10.3. The fourth-order valence-electron chi connectivity index (χ4n) is 2.57. The number of amides is 1. The third-order valence-corrected chi connectivity index (χ3v) is 4.25. The maximum Gasteiger partial charge on any atom is 0.307 e. The molecule has 0 saturated carbocycles. The fourth-order valence-corrected chi connectivity index (χ4v) is 2.57. The van der Waals surface area contributed by atoms with Gasteiger partial charge in [0.15, 0.2) is 6.61 Å². The number of ether oxygens (including phenoxy) is 2. The number of pyridine rings is 1. The molecule has 0 aliphatic heterocycles. The maximum atomic E-state index is 12.7. The first kappa shape index (κ1) is 20.4. The molecular weight excluding hydrogens is 344 g/mol. The van der Waals surface area contributed by atoms with Crippen molar-refractivity contribution in [3.8, 4) is 5.75 Å². The molecule has 0 unspecified atom stereocenters. The molecule has 2 aromatic rings. The summed E-state index contributed by atoms with van der Waals surface area (Å²) in [5.41, 5.74) is 3.01. The zero-order chi connectivity index (χ0) is 19.6. The summed E-state index contributed by atoms with van der Waals surface area (Å²) in [6.45, 7) is 6.58. The first-order valence-corrected chi connectivity index (χ1v) is 9.02. The van der Waals surface area contributed by atoms with Crippen LogP contribution >= 0.6 is 0 Å². The van der Waals surface area contributed by atoms with E-state index in [1.807, 2.05) is 44.2 Å². The first-order chi connectivity index (χ1) is 13.0. The molecule has 1 aromatic heterocycles. The van der Waals surface area contributed by atoms with Crippen LogP contribution in [0, 0.1) is 13.8 Å². The normalized spacial score (nSPS) is 10.3. The standard InChI is InChI=1S/C21H26N2O4/c1-4-26-21(25)10-12-23(14-18-8-6-11-22-13-18)20(24)15-27-19-9-5-7-16(2)17(19)3/h5-9,11,13H,4,10,12,14-15H2,1-3H3. The SMILES string of the molecule is CCOC(=O)CCN(Cc1cccnc1)C(=O)COc1cccc(C)c1C. The van der Waals surface area contributed by atoms with Gasteiger partial charge in [0.05, 0.1) is 13.0 Å². The van der Waals surface area contributed by atoms with Crippen LogP contribution in [0.2, 0.25) is 0 Å². The Hall–Kier alpha value is -2.89. The molecule has 1 aromatic carbocycles. The molecule has 2 rings (SSSR count). The van der Waals surface area contributed by atoms with Gasteiger partial charge in [-0.1, -0.05) is 18.2 Å². The lowest BCUT2D eigenvalue weighted by Gasteiger charge is -2.23. The molecule has 6 heteroatoms. The maximum absolute atomic E-state index is 12.7.